The summed E-state index contributed by atoms with van der Waals surface area (Å²) in [4.78, 5) is 18.5. The highest BCUT2D eigenvalue weighted by molar-refractivity contribution is 7.13. The number of anilines is 1. The molecule has 1 atom stereocenters. The van der Waals surface area contributed by atoms with Crippen LogP contribution >= 0.6 is 11.3 Å². The first-order valence-corrected chi connectivity index (χ1v) is 7.30. The van der Waals surface area contributed by atoms with E-state index in [0.29, 0.717) is 26.1 Å². The van der Waals surface area contributed by atoms with Gasteiger partial charge in [-0.3, -0.25) is 4.79 Å². The van der Waals surface area contributed by atoms with Crippen molar-refractivity contribution in [3.05, 3.63) is 23.0 Å². The minimum absolute atomic E-state index is 0.164. The molecule has 1 aromatic rings. The molecule has 1 aliphatic carbocycles. The average Bonchev–Trinajstić information content (AvgIpc) is 2.89. The molecule has 102 valence electrons. The van der Waals surface area contributed by atoms with Gasteiger partial charge in [0.1, 0.15) is 5.83 Å². The Kier molecular flexibility index (Phi) is 3.61. The monoisotopic (exact) mass is 282 g/mol. The van der Waals surface area contributed by atoms with Gasteiger partial charge in [0, 0.05) is 31.0 Å². The van der Waals surface area contributed by atoms with Crippen molar-refractivity contribution in [3.8, 4) is 0 Å². The standard InChI is InChI=1S/C13H15FN2O2S/c14-9-1-2-10(12(17)7-9)11-8-19-13(15-11)16-3-5-18-6-4-16/h7-8,10H,1-6H2. The number of ether oxygens (including phenoxy) is 1. The number of nitrogens with zero attached hydrogens (tertiary/aromatic N) is 2. The summed E-state index contributed by atoms with van der Waals surface area (Å²) in [5.41, 5.74) is 0.778. The van der Waals surface area contributed by atoms with Gasteiger partial charge in [0.05, 0.1) is 24.8 Å². The first-order valence-electron chi connectivity index (χ1n) is 6.42. The number of halogens is 1. The Hall–Kier alpha value is -1.27. The number of allylic oxidation sites excluding steroid dienone is 2. The lowest BCUT2D eigenvalue weighted by Gasteiger charge is -2.26. The molecular weight excluding hydrogens is 267 g/mol. The Morgan fingerprint density at radius 1 is 1.42 bits per heavy atom. The first kappa shape index (κ1) is 12.7. The van der Waals surface area contributed by atoms with Crippen molar-refractivity contribution in [3.63, 3.8) is 0 Å². The van der Waals surface area contributed by atoms with E-state index in [1.54, 1.807) is 11.3 Å². The van der Waals surface area contributed by atoms with Crippen LogP contribution in [0.3, 0.4) is 0 Å². The maximum absolute atomic E-state index is 13.0. The normalized spacial score (nSPS) is 24.5. The molecule has 2 heterocycles. The highest BCUT2D eigenvalue weighted by atomic mass is 32.1. The van der Waals surface area contributed by atoms with Crippen LogP contribution in [0.15, 0.2) is 17.3 Å². The second-order valence-corrected chi connectivity index (χ2v) is 5.58. The molecular formula is C13H15FN2O2S. The summed E-state index contributed by atoms with van der Waals surface area (Å²) < 4.78 is 18.3. The van der Waals surface area contributed by atoms with Gasteiger partial charge in [0.15, 0.2) is 10.9 Å². The fraction of sp³-hybridized carbons (Fsp3) is 0.538. The van der Waals surface area contributed by atoms with Crippen molar-refractivity contribution in [1.29, 1.82) is 0 Å². The van der Waals surface area contributed by atoms with Crippen molar-refractivity contribution < 1.29 is 13.9 Å². The largest absolute Gasteiger partial charge is 0.378 e. The minimum atomic E-state index is -0.315. The zero-order valence-electron chi connectivity index (χ0n) is 10.5. The molecule has 6 heteroatoms. The molecule has 4 nitrogen and oxygen atoms in total. The minimum Gasteiger partial charge on any atom is -0.378 e. The van der Waals surface area contributed by atoms with Crippen molar-refractivity contribution in [2.24, 2.45) is 0 Å². The van der Waals surface area contributed by atoms with Crippen molar-refractivity contribution in [2.45, 2.75) is 18.8 Å². The summed E-state index contributed by atoms with van der Waals surface area (Å²) in [6.07, 6.45) is 1.97. The van der Waals surface area contributed by atoms with Gasteiger partial charge in [0.2, 0.25) is 0 Å². The molecule has 0 aromatic carbocycles. The van der Waals surface area contributed by atoms with Crippen LogP contribution in [0.25, 0.3) is 0 Å². The van der Waals surface area contributed by atoms with E-state index in [2.05, 4.69) is 9.88 Å². The topological polar surface area (TPSA) is 42.4 Å². The predicted molar refractivity (Wildman–Crippen MR) is 71.3 cm³/mol. The van der Waals surface area contributed by atoms with Crippen LogP contribution in [0, 0.1) is 0 Å². The van der Waals surface area contributed by atoms with Gasteiger partial charge in [0.25, 0.3) is 0 Å². The van der Waals surface area contributed by atoms with Gasteiger partial charge >= 0.3 is 0 Å². The lowest BCUT2D eigenvalue weighted by Crippen LogP contribution is -2.36. The third-order valence-corrected chi connectivity index (χ3v) is 4.38. The maximum Gasteiger partial charge on any atom is 0.185 e. The van der Waals surface area contributed by atoms with E-state index in [4.69, 9.17) is 4.74 Å². The molecule has 0 amide bonds. The molecule has 0 bridgehead atoms. The van der Waals surface area contributed by atoms with Gasteiger partial charge in [-0.15, -0.1) is 11.3 Å². The van der Waals surface area contributed by atoms with Crippen LogP contribution in [-0.4, -0.2) is 37.1 Å². The second kappa shape index (κ2) is 5.38. The van der Waals surface area contributed by atoms with Gasteiger partial charge in [-0.05, 0) is 6.42 Å². The first-order chi connectivity index (χ1) is 9.24. The molecule has 0 saturated carbocycles. The third-order valence-electron chi connectivity index (χ3n) is 3.46. The summed E-state index contributed by atoms with van der Waals surface area (Å²) in [5, 5.41) is 2.85. The number of carbonyl (C=O) groups is 1. The smallest absolute Gasteiger partial charge is 0.185 e. The molecule has 3 rings (SSSR count). The average molecular weight is 282 g/mol. The van der Waals surface area contributed by atoms with Crippen LogP contribution in [0.5, 0.6) is 0 Å². The number of thiazole rings is 1. The number of morpholine rings is 1. The Bertz CT molecular complexity index is 508. The molecule has 1 aliphatic heterocycles. The molecule has 1 unspecified atom stereocenters. The number of hydrogen-bond acceptors (Lipinski definition) is 5. The van der Waals surface area contributed by atoms with E-state index in [0.717, 1.165) is 30.0 Å². The number of rotatable bonds is 2. The van der Waals surface area contributed by atoms with E-state index < -0.39 is 0 Å². The predicted octanol–water partition coefficient (Wildman–Crippen LogP) is 2.28. The number of aromatic nitrogens is 1. The van der Waals surface area contributed by atoms with E-state index in [1.165, 1.54) is 0 Å². The van der Waals surface area contributed by atoms with Crippen molar-refractivity contribution in [2.75, 3.05) is 31.2 Å². The maximum atomic E-state index is 13.0. The summed E-state index contributed by atoms with van der Waals surface area (Å²) in [5.74, 6) is -0.752. The third kappa shape index (κ3) is 2.69. The SMILES string of the molecule is O=C1C=C(F)CCC1c1csc(N2CCOCC2)n1. The second-order valence-electron chi connectivity index (χ2n) is 4.74. The molecule has 0 spiro atoms. The lowest BCUT2D eigenvalue weighted by molar-refractivity contribution is -0.116. The molecule has 19 heavy (non-hydrogen) atoms. The van der Waals surface area contributed by atoms with E-state index in [-0.39, 0.29) is 17.5 Å². The quantitative estimate of drug-likeness (QED) is 0.834. The Balaban J connectivity index is 1.76. The Morgan fingerprint density at radius 3 is 2.95 bits per heavy atom. The van der Waals surface area contributed by atoms with Gasteiger partial charge in [-0.2, -0.15) is 0 Å². The van der Waals surface area contributed by atoms with E-state index in [9.17, 15) is 9.18 Å². The molecule has 1 fully saturated rings. The molecule has 0 N–H and O–H groups in total. The van der Waals surface area contributed by atoms with Gasteiger partial charge < -0.3 is 9.64 Å². The van der Waals surface area contributed by atoms with Gasteiger partial charge in [-0.25, -0.2) is 9.37 Å². The summed E-state index contributed by atoms with van der Waals surface area (Å²) in [6.45, 7) is 3.09. The molecule has 1 aromatic heterocycles. The zero-order valence-corrected chi connectivity index (χ0v) is 11.3. The van der Waals surface area contributed by atoms with Crippen molar-refractivity contribution in [1.82, 2.24) is 4.98 Å². The fourth-order valence-electron chi connectivity index (χ4n) is 2.38. The Morgan fingerprint density at radius 2 is 2.21 bits per heavy atom. The number of ketones is 1. The Labute approximate surface area is 114 Å². The van der Waals surface area contributed by atoms with E-state index >= 15 is 0 Å². The molecule has 2 aliphatic rings. The zero-order chi connectivity index (χ0) is 13.2. The highest BCUT2D eigenvalue weighted by Crippen LogP contribution is 2.33. The van der Waals surface area contributed by atoms with Crippen LogP contribution in [0.2, 0.25) is 0 Å². The summed E-state index contributed by atoms with van der Waals surface area (Å²) >= 11 is 1.55. The molecule has 0 radical (unpaired) electrons. The van der Waals surface area contributed by atoms with Crippen molar-refractivity contribution >= 4 is 22.3 Å². The summed E-state index contributed by atoms with van der Waals surface area (Å²) in [6, 6.07) is 0. The van der Waals surface area contributed by atoms with Gasteiger partial charge in [-0.1, -0.05) is 0 Å². The van der Waals surface area contributed by atoms with Crippen LogP contribution in [0.1, 0.15) is 24.5 Å². The lowest BCUT2D eigenvalue weighted by atomic mass is 9.90. The fourth-order valence-corrected chi connectivity index (χ4v) is 3.31. The highest BCUT2D eigenvalue weighted by Gasteiger charge is 2.27. The number of carbonyl (C=O) groups excluding carboxylic acids is 1. The summed E-state index contributed by atoms with van der Waals surface area (Å²) in [7, 11) is 0. The number of hydrogen-bond donors (Lipinski definition) is 0. The molecule has 1 saturated heterocycles. The van der Waals surface area contributed by atoms with Crippen LogP contribution in [-0.2, 0) is 9.53 Å². The van der Waals surface area contributed by atoms with E-state index in [1.807, 2.05) is 5.38 Å². The van der Waals surface area contributed by atoms with Crippen LogP contribution in [0.4, 0.5) is 9.52 Å². The van der Waals surface area contributed by atoms with Crippen LogP contribution < -0.4 is 4.90 Å².